The number of aromatic nitrogens is 1. The zero-order chi connectivity index (χ0) is 20.8. The van der Waals surface area contributed by atoms with E-state index in [0.717, 1.165) is 46.4 Å². The molecule has 4 rings (SSSR count). The summed E-state index contributed by atoms with van der Waals surface area (Å²) in [5, 5.41) is 3.79. The minimum absolute atomic E-state index is 0.0595. The molecule has 4 nitrogen and oxygen atoms in total. The number of halogens is 4. The van der Waals surface area contributed by atoms with Gasteiger partial charge in [0.05, 0.1) is 21.2 Å². The summed E-state index contributed by atoms with van der Waals surface area (Å²) in [6.07, 6.45) is -0.867. The number of rotatable bonds is 2. The first-order valence-electron chi connectivity index (χ1n) is 8.43. The van der Waals surface area contributed by atoms with E-state index >= 15 is 0 Å². The molecule has 9 heteroatoms. The molecule has 1 aromatic heterocycles. The van der Waals surface area contributed by atoms with Crippen LogP contribution < -0.4 is 5.32 Å². The fourth-order valence-corrected chi connectivity index (χ4v) is 3.98. The smallest absolute Gasteiger partial charge is 0.350 e. The van der Waals surface area contributed by atoms with Gasteiger partial charge in [0.15, 0.2) is 5.17 Å². The van der Waals surface area contributed by atoms with Gasteiger partial charge in [-0.2, -0.15) is 13.2 Å². The van der Waals surface area contributed by atoms with Crippen LogP contribution in [0.3, 0.4) is 0 Å². The molecule has 1 N–H and O–H groups in total. The normalized spacial score (nSPS) is 17.5. The summed E-state index contributed by atoms with van der Waals surface area (Å²) in [5.74, 6) is -0.371. The van der Waals surface area contributed by atoms with Gasteiger partial charge in [-0.25, -0.2) is 4.99 Å². The van der Waals surface area contributed by atoms with Crippen molar-refractivity contribution >= 4 is 57.1 Å². The number of para-hydroxylation sites is 1. The third-order valence-electron chi connectivity index (χ3n) is 4.36. The van der Waals surface area contributed by atoms with Crippen LogP contribution in [0.25, 0.3) is 17.0 Å². The Morgan fingerprint density at radius 3 is 2.72 bits per heavy atom. The lowest BCUT2D eigenvalue weighted by atomic mass is 10.1. The monoisotopic (exact) mass is 435 g/mol. The molecule has 1 amide bonds. The number of nitrogens with one attached hydrogen (secondary N) is 1. The first kappa shape index (κ1) is 19.6. The van der Waals surface area contributed by atoms with Crippen LogP contribution in [0.1, 0.15) is 11.1 Å². The molecule has 1 fully saturated rings. The SMILES string of the molecule is Cn1cc(C=C2SC(=Nc3cc(C(F)(F)F)ccc3Cl)NC2=O)c2ccccc21. The maximum absolute atomic E-state index is 12.9. The van der Waals surface area contributed by atoms with Crippen LogP contribution in [0, 0.1) is 0 Å². The molecule has 3 aromatic rings. The number of aliphatic imine (C=N–C) groups is 1. The van der Waals surface area contributed by atoms with Crippen molar-refractivity contribution in [3.05, 3.63) is 69.7 Å². The molecule has 0 bridgehead atoms. The predicted octanol–water partition coefficient (Wildman–Crippen LogP) is 5.74. The van der Waals surface area contributed by atoms with Crippen LogP contribution in [-0.2, 0) is 18.0 Å². The minimum Gasteiger partial charge on any atom is -0.350 e. The number of thioether (sulfide) groups is 1. The number of aryl methyl sites for hydroxylation is 1. The van der Waals surface area contributed by atoms with Crippen molar-refractivity contribution in [3.8, 4) is 0 Å². The van der Waals surface area contributed by atoms with Crippen LogP contribution in [0.15, 0.2) is 58.6 Å². The second-order valence-corrected chi connectivity index (χ2v) is 7.80. The molecule has 0 aliphatic carbocycles. The third-order valence-corrected chi connectivity index (χ3v) is 5.59. The molecular formula is C20H13ClF3N3OS. The Morgan fingerprint density at radius 1 is 1.21 bits per heavy atom. The molecule has 0 radical (unpaired) electrons. The number of benzene rings is 2. The quantitative estimate of drug-likeness (QED) is 0.521. The molecule has 148 valence electrons. The Morgan fingerprint density at radius 2 is 1.97 bits per heavy atom. The van der Waals surface area contributed by atoms with Crippen LogP contribution in [-0.4, -0.2) is 15.6 Å². The van der Waals surface area contributed by atoms with Gasteiger partial charge in [-0.1, -0.05) is 29.8 Å². The van der Waals surface area contributed by atoms with Gasteiger partial charge >= 0.3 is 6.18 Å². The molecule has 2 heterocycles. The van der Waals surface area contributed by atoms with E-state index in [1.807, 2.05) is 42.1 Å². The number of carbonyl (C=O) groups excluding carboxylic acids is 1. The molecule has 0 spiro atoms. The molecule has 0 unspecified atom stereocenters. The van der Waals surface area contributed by atoms with E-state index in [0.29, 0.717) is 4.91 Å². The Kier molecular flexibility index (Phi) is 4.92. The number of nitrogens with zero attached hydrogens (tertiary/aromatic N) is 2. The Labute approximate surface area is 173 Å². The fraction of sp³-hybridized carbons (Fsp3) is 0.100. The van der Waals surface area contributed by atoms with E-state index in [4.69, 9.17) is 11.6 Å². The maximum atomic E-state index is 12.9. The van der Waals surface area contributed by atoms with Crippen molar-refractivity contribution < 1.29 is 18.0 Å². The fourth-order valence-electron chi connectivity index (χ4n) is 2.99. The van der Waals surface area contributed by atoms with Crippen molar-refractivity contribution in [1.29, 1.82) is 0 Å². The first-order valence-corrected chi connectivity index (χ1v) is 9.62. The van der Waals surface area contributed by atoms with Gasteiger partial charge in [0.1, 0.15) is 0 Å². The van der Waals surface area contributed by atoms with Gasteiger partial charge in [0.25, 0.3) is 5.91 Å². The Balaban J connectivity index is 1.67. The van der Waals surface area contributed by atoms with Gasteiger partial charge < -0.3 is 9.88 Å². The summed E-state index contributed by atoms with van der Waals surface area (Å²) in [6.45, 7) is 0. The number of hydrogen-bond acceptors (Lipinski definition) is 3. The number of amidine groups is 1. The molecule has 0 saturated carbocycles. The number of amides is 1. The number of carbonyl (C=O) groups is 1. The summed E-state index contributed by atoms with van der Waals surface area (Å²) in [5.41, 5.74) is 0.962. The van der Waals surface area contributed by atoms with Gasteiger partial charge in [0.2, 0.25) is 0 Å². The van der Waals surface area contributed by atoms with Crippen molar-refractivity contribution in [2.45, 2.75) is 6.18 Å². The highest BCUT2D eigenvalue weighted by Gasteiger charge is 2.31. The van der Waals surface area contributed by atoms with Crippen LogP contribution >= 0.6 is 23.4 Å². The second kappa shape index (κ2) is 7.27. The van der Waals surface area contributed by atoms with Gasteiger partial charge in [-0.3, -0.25) is 4.79 Å². The maximum Gasteiger partial charge on any atom is 0.416 e. The number of alkyl halides is 3. The number of hydrogen-bond donors (Lipinski definition) is 1. The third kappa shape index (κ3) is 3.90. The van der Waals surface area contributed by atoms with Crippen molar-refractivity contribution in [3.63, 3.8) is 0 Å². The minimum atomic E-state index is -4.51. The summed E-state index contributed by atoms with van der Waals surface area (Å²) >= 11 is 7.03. The predicted molar refractivity (Wildman–Crippen MR) is 110 cm³/mol. The van der Waals surface area contributed by atoms with Crippen molar-refractivity contribution in [1.82, 2.24) is 9.88 Å². The lowest BCUT2D eigenvalue weighted by Gasteiger charge is -2.08. The van der Waals surface area contributed by atoms with E-state index in [1.165, 1.54) is 0 Å². The van der Waals surface area contributed by atoms with E-state index in [-0.39, 0.29) is 21.8 Å². The van der Waals surface area contributed by atoms with Crippen LogP contribution in [0.5, 0.6) is 0 Å². The summed E-state index contributed by atoms with van der Waals surface area (Å²) in [6, 6.07) is 10.7. The van der Waals surface area contributed by atoms with Crippen molar-refractivity contribution in [2.24, 2.45) is 12.0 Å². The summed E-state index contributed by atoms with van der Waals surface area (Å²) < 4.78 is 40.7. The summed E-state index contributed by atoms with van der Waals surface area (Å²) in [4.78, 5) is 16.8. The second-order valence-electron chi connectivity index (χ2n) is 6.36. The Hall–Kier alpha value is -2.71. The Bertz CT molecular complexity index is 1200. The average Bonchev–Trinajstić information content (AvgIpc) is 3.16. The number of fused-ring (bicyclic) bond motifs is 1. The zero-order valence-electron chi connectivity index (χ0n) is 14.9. The molecular weight excluding hydrogens is 423 g/mol. The average molecular weight is 436 g/mol. The zero-order valence-corrected chi connectivity index (χ0v) is 16.5. The highest BCUT2D eigenvalue weighted by molar-refractivity contribution is 8.18. The molecule has 1 aliphatic heterocycles. The molecule has 1 aliphatic rings. The van der Waals surface area contributed by atoms with E-state index < -0.39 is 11.7 Å². The van der Waals surface area contributed by atoms with Gasteiger partial charge in [-0.15, -0.1) is 0 Å². The lowest BCUT2D eigenvalue weighted by molar-refractivity contribution is -0.137. The van der Waals surface area contributed by atoms with Crippen LogP contribution in [0.2, 0.25) is 5.02 Å². The van der Waals surface area contributed by atoms with Crippen molar-refractivity contribution in [2.75, 3.05) is 0 Å². The van der Waals surface area contributed by atoms with E-state index in [2.05, 4.69) is 10.3 Å². The summed E-state index contributed by atoms with van der Waals surface area (Å²) in [7, 11) is 1.91. The molecule has 1 saturated heterocycles. The molecule has 0 atom stereocenters. The molecule has 29 heavy (non-hydrogen) atoms. The topological polar surface area (TPSA) is 46.4 Å². The highest BCUT2D eigenvalue weighted by atomic mass is 35.5. The van der Waals surface area contributed by atoms with Crippen LogP contribution in [0.4, 0.5) is 18.9 Å². The lowest BCUT2D eigenvalue weighted by Crippen LogP contribution is -2.19. The van der Waals surface area contributed by atoms with Gasteiger partial charge in [-0.05, 0) is 42.1 Å². The van der Waals surface area contributed by atoms with E-state index in [9.17, 15) is 18.0 Å². The highest BCUT2D eigenvalue weighted by Crippen LogP contribution is 2.37. The van der Waals surface area contributed by atoms with Gasteiger partial charge in [0, 0.05) is 29.7 Å². The first-order chi connectivity index (χ1) is 13.7. The largest absolute Gasteiger partial charge is 0.416 e. The molecule has 2 aromatic carbocycles. The van der Waals surface area contributed by atoms with E-state index in [1.54, 1.807) is 6.08 Å². The standard InChI is InChI=1S/C20H13ClF3N3OS/c1-27-10-11(13-4-2-3-5-16(13)27)8-17-18(28)26-19(29-17)25-15-9-12(20(22,23)24)6-7-14(15)21/h2-10H,1H3,(H,25,26,28).